The largest absolute Gasteiger partial charge is 0.382 e. The molecular weight excluding hydrogens is 217 g/mol. The number of hydrogen-bond acceptors (Lipinski definition) is 2. The Morgan fingerprint density at radius 3 is 2.76 bits per heavy atom. The summed E-state index contributed by atoms with van der Waals surface area (Å²) in [6.07, 6.45) is 1.82. The van der Waals surface area contributed by atoms with E-state index in [0.29, 0.717) is 5.82 Å². The molecular formula is C13H16FN3. The topological polar surface area (TPSA) is 54.7 Å². The fourth-order valence-electron chi connectivity index (χ4n) is 2.00. The van der Waals surface area contributed by atoms with Gasteiger partial charge in [-0.3, -0.25) is 5.10 Å². The molecule has 0 atom stereocenters. The van der Waals surface area contributed by atoms with Crippen LogP contribution in [-0.4, -0.2) is 10.2 Å². The number of nitrogens with one attached hydrogen (secondary N) is 1. The van der Waals surface area contributed by atoms with Crippen LogP contribution < -0.4 is 5.73 Å². The van der Waals surface area contributed by atoms with Crippen molar-refractivity contribution in [2.75, 3.05) is 5.73 Å². The molecule has 0 radical (unpaired) electrons. The number of aromatic nitrogens is 2. The smallest absolute Gasteiger partial charge is 0.149 e. The molecule has 2 aromatic rings. The Bertz CT molecular complexity index is 511. The SMILES string of the molecule is CCCc1c(N)n[nH]c1-c1cc(C)cc(F)c1. The fraction of sp³-hybridized carbons (Fsp3) is 0.308. The maximum Gasteiger partial charge on any atom is 0.149 e. The molecule has 2 rings (SSSR count). The molecule has 0 bridgehead atoms. The number of aromatic amines is 1. The van der Waals surface area contributed by atoms with Gasteiger partial charge in [0.2, 0.25) is 0 Å². The molecule has 17 heavy (non-hydrogen) atoms. The minimum Gasteiger partial charge on any atom is -0.382 e. The third kappa shape index (κ3) is 2.30. The predicted molar refractivity (Wildman–Crippen MR) is 67.1 cm³/mol. The minimum atomic E-state index is -0.240. The molecule has 1 aromatic carbocycles. The number of H-pyrrole nitrogens is 1. The third-order valence-electron chi connectivity index (χ3n) is 2.73. The highest BCUT2D eigenvalue weighted by molar-refractivity contribution is 5.68. The summed E-state index contributed by atoms with van der Waals surface area (Å²) in [5.41, 5.74) is 9.29. The van der Waals surface area contributed by atoms with Gasteiger partial charge in [0.15, 0.2) is 0 Å². The Morgan fingerprint density at radius 1 is 1.35 bits per heavy atom. The van der Waals surface area contributed by atoms with Crippen LogP contribution in [0, 0.1) is 12.7 Å². The Hall–Kier alpha value is -1.84. The van der Waals surface area contributed by atoms with Crippen molar-refractivity contribution in [2.45, 2.75) is 26.7 Å². The van der Waals surface area contributed by atoms with Crippen LogP contribution in [0.15, 0.2) is 18.2 Å². The van der Waals surface area contributed by atoms with Gasteiger partial charge >= 0.3 is 0 Å². The van der Waals surface area contributed by atoms with E-state index in [2.05, 4.69) is 17.1 Å². The monoisotopic (exact) mass is 233 g/mol. The molecule has 0 aliphatic carbocycles. The van der Waals surface area contributed by atoms with Gasteiger partial charge in [-0.05, 0) is 37.1 Å². The average Bonchev–Trinajstić information content (AvgIpc) is 2.60. The van der Waals surface area contributed by atoms with Crippen LogP contribution in [0.5, 0.6) is 0 Å². The van der Waals surface area contributed by atoms with Gasteiger partial charge in [-0.1, -0.05) is 13.3 Å². The molecule has 3 nitrogen and oxygen atoms in total. The van der Waals surface area contributed by atoms with Crippen molar-refractivity contribution in [3.63, 3.8) is 0 Å². The number of hydrogen-bond donors (Lipinski definition) is 2. The molecule has 0 unspecified atom stereocenters. The summed E-state index contributed by atoms with van der Waals surface area (Å²) in [6.45, 7) is 3.94. The lowest BCUT2D eigenvalue weighted by atomic mass is 10.0. The van der Waals surface area contributed by atoms with Crippen molar-refractivity contribution in [2.24, 2.45) is 0 Å². The normalized spacial score (nSPS) is 10.8. The number of aryl methyl sites for hydroxylation is 1. The van der Waals surface area contributed by atoms with Crippen LogP contribution in [0.4, 0.5) is 10.2 Å². The molecule has 3 N–H and O–H groups in total. The third-order valence-corrected chi connectivity index (χ3v) is 2.73. The van der Waals surface area contributed by atoms with E-state index in [1.165, 1.54) is 12.1 Å². The van der Waals surface area contributed by atoms with Crippen molar-refractivity contribution in [1.29, 1.82) is 0 Å². The van der Waals surface area contributed by atoms with Crippen LogP contribution in [-0.2, 0) is 6.42 Å². The van der Waals surface area contributed by atoms with Crippen LogP contribution in [0.3, 0.4) is 0 Å². The van der Waals surface area contributed by atoms with Gasteiger partial charge in [0.05, 0.1) is 5.69 Å². The van der Waals surface area contributed by atoms with Gasteiger partial charge in [-0.25, -0.2) is 4.39 Å². The van der Waals surface area contributed by atoms with Gasteiger partial charge < -0.3 is 5.73 Å². The Balaban J connectivity index is 2.52. The second-order valence-electron chi connectivity index (χ2n) is 4.23. The van der Waals surface area contributed by atoms with Gasteiger partial charge in [-0.2, -0.15) is 5.10 Å². The molecule has 4 heteroatoms. The Kier molecular flexibility index (Phi) is 3.13. The predicted octanol–water partition coefficient (Wildman–Crippen LogP) is 3.06. The van der Waals surface area contributed by atoms with Crippen LogP contribution >= 0.6 is 0 Å². The standard InChI is InChI=1S/C13H16FN3/c1-3-4-11-12(16-17-13(11)15)9-5-8(2)6-10(14)7-9/h5-7H,3-4H2,1-2H3,(H3,15,16,17). The molecule has 0 amide bonds. The first kappa shape index (κ1) is 11.6. The van der Waals surface area contributed by atoms with E-state index in [-0.39, 0.29) is 5.82 Å². The first-order valence-corrected chi connectivity index (χ1v) is 5.72. The maximum absolute atomic E-state index is 13.4. The minimum absolute atomic E-state index is 0.240. The van der Waals surface area contributed by atoms with E-state index in [1.807, 2.05) is 13.0 Å². The number of rotatable bonds is 3. The molecule has 1 aromatic heterocycles. The summed E-state index contributed by atoms with van der Waals surface area (Å²) in [7, 11) is 0. The second-order valence-corrected chi connectivity index (χ2v) is 4.23. The van der Waals surface area contributed by atoms with Gasteiger partial charge in [-0.15, -0.1) is 0 Å². The summed E-state index contributed by atoms with van der Waals surface area (Å²) < 4.78 is 13.4. The van der Waals surface area contributed by atoms with Crippen molar-refractivity contribution in [3.05, 3.63) is 35.1 Å². The van der Waals surface area contributed by atoms with Crippen molar-refractivity contribution in [1.82, 2.24) is 10.2 Å². The lowest BCUT2D eigenvalue weighted by molar-refractivity contribution is 0.627. The van der Waals surface area contributed by atoms with E-state index in [9.17, 15) is 4.39 Å². The quantitative estimate of drug-likeness (QED) is 0.856. The van der Waals surface area contributed by atoms with Crippen molar-refractivity contribution < 1.29 is 4.39 Å². The number of nitrogens with zero attached hydrogens (tertiary/aromatic N) is 1. The van der Waals surface area contributed by atoms with Gasteiger partial charge in [0, 0.05) is 11.1 Å². The molecule has 0 spiro atoms. The molecule has 0 fully saturated rings. The highest BCUT2D eigenvalue weighted by atomic mass is 19.1. The highest BCUT2D eigenvalue weighted by Gasteiger charge is 2.12. The Labute approximate surface area is 99.9 Å². The number of nitrogens with two attached hydrogens (primary N) is 1. The summed E-state index contributed by atoms with van der Waals surface area (Å²) >= 11 is 0. The summed E-state index contributed by atoms with van der Waals surface area (Å²) in [6, 6.07) is 4.93. The van der Waals surface area contributed by atoms with Crippen LogP contribution in [0.25, 0.3) is 11.3 Å². The maximum atomic E-state index is 13.4. The average molecular weight is 233 g/mol. The van der Waals surface area contributed by atoms with E-state index in [1.54, 1.807) is 0 Å². The number of nitrogen functional groups attached to an aromatic ring is 1. The molecule has 0 aliphatic heterocycles. The van der Waals surface area contributed by atoms with Gasteiger partial charge in [0.25, 0.3) is 0 Å². The van der Waals surface area contributed by atoms with E-state index < -0.39 is 0 Å². The molecule has 0 saturated heterocycles. The summed E-state index contributed by atoms with van der Waals surface area (Å²) in [5.74, 6) is 0.263. The zero-order valence-electron chi connectivity index (χ0n) is 10.0. The zero-order valence-corrected chi connectivity index (χ0v) is 10.0. The second kappa shape index (κ2) is 4.57. The van der Waals surface area contributed by atoms with E-state index in [0.717, 1.165) is 35.2 Å². The van der Waals surface area contributed by atoms with E-state index >= 15 is 0 Å². The molecule has 0 saturated carbocycles. The van der Waals surface area contributed by atoms with E-state index in [4.69, 9.17) is 5.73 Å². The molecule has 90 valence electrons. The number of halogens is 1. The zero-order chi connectivity index (χ0) is 12.4. The van der Waals surface area contributed by atoms with Crippen molar-refractivity contribution >= 4 is 5.82 Å². The van der Waals surface area contributed by atoms with Crippen LogP contribution in [0.1, 0.15) is 24.5 Å². The lowest BCUT2D eigenvalue weighted by Crippen LogP contribution is -1.93. The lowest BCUT2D eigenvalue weighted by Gasteiger charge is -2.04. The highest BCUT2D eigenvalue weighted by Crippen LogP contribution is 2.27. The first-order valence-electron chi connectivity index (χ1n) is 5.72. The number of benzene rings is 1. The summed E-state index contributed by atoms with van der Waals surface area (Å²) in [5, 5.41) is 6.89. The Morgan fingerprint density at radius 2 is 2.12 bits per heavy atom. The molecule has 0 aliphatic rings. The molecule has 1 heterocycles. The fourth-order valence-corrected chi connectivity index (χ4v) is 2.00. The number of anilines is 1. The van der Waals surface area contributed by atoms with Crippen molar-refractivity contribution in [3.8, 4) is 11.3 Å². The van der Waals surface area contributed by atoms with Gasteiger partial charge in [0.1, 0.15) is 11.6 Å². The first-order chi connectivity index (χ1) is 8.11. The summed E-state index contributed by atoms with van der Waals surface area (Å²) in [4.78, 5) is 0. The van der Waals surface area contributed by atoms with Crippen LogP contribution in [0.2, 0.25) is 0 Å².